The van der Waals surface area contributed by atoms with Crippen LogP contribution in [0.25, 0.3) is 0 Å². The third-order valence-corrected chi connectivity index (χ3v) is 20.1. The van der Waals surface area contributed by atoms with Gasteiger partial charge in [0.2, 0.25) is 0 Å². The number of nitrogens with one attached hydrogen (secondary N) is 1. The Morgan fingerprint density at radius 1 is 0.506 bits per heavy atom. The molecule has 13 heteroatoms. The van der Waals surface area contributed by atoms with Crippen LogP contribution in [0.15, 0.2) is 110 Å². The summed E-state index contributed by atoms with van der Waals surface area (Å²) in [5.41, 5.74) is 13.8. The van der Waals surface area contributed by atoms with Crippen LogP contribution in [0.1, 0.15) is 243 Å². The maximum Gasteiger partial charge on any atom is 0.121 e. The van der Waals surface area contributed by atoms with Crippen molar-refractivity contribution in [1.82, 2.24) is 43.8 Å². The molecule has 13 nitrogen and oxygen atoms in total. The van der Waals surface area contributed by atoms with E-state index in [0.717, 1.165) is 66.9 Å². The lowest BCUT2D eigenvalue weighted by Gasteiger charge is -2.41. The van der Waals surface area contributed by atoms with Crippen molar-refractivity contribution in [3.05, 3.63) is 161 Å². The lowest BCUT2D eigenvalue weighted by atomic mass is 9.92. The predicted octanol–water partition coefficient (Wildman–Crippen LogP) is 14.4. The number of aromatic nitrogens is 6. The summed E-state index contributed by atoms with van der Waals surface area (Å²) in [6.07, 6.45) is 25.0. The van der Waals surface area contributed by atoms with Crippen molar-refractivity contribution in [1.29, 1.82) is 10.5 Å². The fourth-order valence-corrected chi connectivity index (χ4v) is 15.8. The number of imidazole rings is 3. The molecule has 0 spiro atoms. The summed E-state index contributed by atoms with van der Waals surface area (Å²) in [6.45, 7) is 23.1. The lowest BCUT2D eigenvalue weighted by molar-refractivity contribution is -0.108. The molecule has 9 unspecified atom stereocenters. The molecule has 6 saturated heterocycles. The molecular formula is C72H100N12O. The van der Waals surface area contributed by atoms with Crippen LogP contribution in [-0.4, -0.2) is 101 Å². The number of nitrogens with two attached hydrogens (primary N) is 1. The Morgan fingerprint density at radius 2 is 0.859 bits per heavy atom. The molecule has 9 atom stereocenters. The summed E-state index contributed by atoms with van der Waals surface area (Å²) in [5, 5.41) is 22.1. The molecule has 6 fully saturated rings. The van der Waals surface area contributed by atoms with E-state index in [0.29, 0.717) is 53.9 Å². The van der Waals surface area contributed by atoms with E-state index in [-0.39, 0.29) is 18.3 Å². The first-order chi connectivity index (χ1) is 41.2. The Kier molecular flexibility index (Phi) is 22.3. The van der Waals surface area contributed by atoms with Crippen molar-refractivity contribution in [2.24, 2.45) is 5.73 Å². The molecule has 3 aromatic heterocycles. The van der Waals surface area contributed by atoms with Crippen LogP contribution >= 0.6 is 0 Å². The van der Waals surface area contributed by atoms with Gasteiger partial charge in [0.15, 0.2) is 0 Å². The summed E-state index contributed by atoms with van der Waals surface area (Å²) < 4.78 is 7.59. The van der Waals surface area contributed by atoms with E-state index in [2.05, 4.69) is 179 Å². The second-order valence-electron chi connectivity index (χ2n) is 26.5. The molecule has 6 bridgehead atoms. The number of hydrogen-bond donors (Lipinski definition) is 2. The molecule has 6 aliphatic heterocycles. The maximum absolute atomic E-state index is 10.2. The fraction of sp³-hybridized carbons (Fsp3) is 0.583. The van der Waals surface area contributed by atoms with E-state index in [1.807, 2.05) is 48.5 Å². The van der Waals surface area contributed by atoms with Gasteiger partial charge in [0.1, 0.15) is 23.8 Å². The van der Waals surface area contributed by atoms with Crippen molar-refractivity contribution in [3.8, 4) is 12.1 Å². The number of benzene rings is 3. The minimum atomic E-state index is -0.288. The highest BCUT2D eigenvalue weighted by molar-refractivity contribution is 5.53. The predicted molar refractivity (Wildman–Crippen MR) is 343 cm³/mol. The van der Waals surface area contributed by atoms with Gasteiger partial charge in [0.25, 0.3) is 0 Å². The SMILES string of the molecule is Cc1ncc(C(C)C)n1C1CC2CCC(C1)N2.Cc1ncc(C(C)C)n1C1CC2CCC(C1)N2CCC(C#N)c1ccccc1.Cc1ncc(C(C)C)n1C1CC2CCC(C1)N2CCC(CN)c1ccccc1.N#CC(CC=O)c1ccccc1. The Labute approximate surface area is 509 Å². The monoisotopic (exact) mass is 1150 g/mol. The van der Waals surface area contributed by atoms with Crippen molar-refractivity contribution in [2.75, 3.05) is 19.6 Å². The quantitative estimate of drug-likeness (QED) is 0.0792. The van der Waals surface area contributed by atoms with Crippen LogP contribution < -0.4 is 11.1 Å². The number of aryl methyl sites for hydroxylation is 3. The standard InChI is InChI=1S/C24H36N4.C24H32N4.C14H23N3.C10H9NO/c2*1-17(2)24-16-26-18(3)28(24)23-13-21-9-10-22(14-23)27(21)12-11-20(15-25)19-7-5-4-6-8-19;1-9(2)14-8-15-10(3)17(14)13-6-11-4-5-12(7-13)16-11;11-8-10(6-7-12)9-4-2-1-3-5-9/h4-8,16-17,20-23H,9-15,25H2,1-3H3;4-8,16-17,20-23H,9-14H2,1-3H3;8-9,11-13,16H,4-7H2,1-3H3;1-5,7,10H,6H2. The molecule has 12 rings (SSSR count). The van der Waals surface area contributed by atoms with Gasteiger partial charge in [-0.1, -0.05) is 133 Å². The minimum absolute atomic E-state index is 0.00163. The summed E-state index contributed by atoms with van der Waals surface area (Å²) in [7, 11) is 0. The van der Waals surface area contributed by atoms with Crippen molar-refractivity contribution < 1.29 is 4.79 Å². The van der Waals surface area contributed by atoms with E-state index in [1.165, 1.54) is 124 Å². The first-order valence-electron chi connectivity index (χ1n) is 32.7. The highest BCUT2D eigenvalue weighted by atomic mass is 16.1. The van der Waals surface area contributed by atoms with Crippen molar-refractivity contribution in [3.63, 3.8) is 0 Å². The number of fused-ring (bicyclic) bond motifs is 6. The van der Waals surface area contributed by atoms with Crippen LogP contribution in [0.3, 0.4) is 0 Å². The second kappa shape index (κ2) is 29.9. The number of carbonyl (C=O) groups is 1. The first kappa shape index (κ1) is 63.3. The zero-order valence-electron chi connectivity index (χ0n) is 52.8. The molecule has 0 radical (unpaired) electrons. The number of carbonyl (C=O) groups excluding carboxylic acids is 1. The number of hydrogen-bond acceptors (Lipinski definition) is 10. The van der Waals surface area contributed by atoms with E-state index in [4.69, 9.17) is 11.0 Å². The summed E-state index contributed by atoms with van der Waals surface area (Å²) in [4.78, 5) is 29.5. The number of nitriles is 2. The van der Waals surface area contributed by atoms with Crippen molar-refractivity contribution in [2.45, 2.75) is 249 Å². The fourth-order valence-electron chi connectivity index (χ4n) is 15.8. The molecule has 454 valence electrons. The Bertz CT molecular complexity index is 3050. The molecule has 6 aromatic rings. The molecule has 0 amide bonds. The van der Waals surface area contributed by atoms with Crippen molar-refractivity contribution >= 4 is 6.29 Å². The molecule has 0 saturated carbocycles. The van der Waals surface area contributed by atoms with Gasteiger partial charge < -0.3 is 29.5 Å². The Morgan fingerprint density at radius 3 is 1.21 bits per heavy atom. The third kappa shape index (κ3) is 15.3. The summed E-state index contributed by atoms with van der Waals surface area (Å²) >= 11 is 0. The van der Waals surface area contributed by atoms with Crippen LogP contribution in [0, 0.1) is 43.4 Å². The third-order valence-electron chi connectivity index (χ3n) is 20.1. The van der Waals surface area contributed by atoms with Crippen LogP contribution in [-0.2, 0) is 4.79 Å². The number of piperidine rings is 3. The molecule has 3 N–H and O–H groups in total. The average molecular weight is 1150 g/mol. The van der Waals surface area contributed by atoms with E-state index in [9.17, 15) is 10.1 Å². The smallest absolute Gasteiger partial charge is 0.121 e. The molecule has 9 heterocycles. The average Bonchev–Trinajstić information content (AvgIpc) is 2.75. The summed E-state index contributed by atoms with van der Waals surface area (Å²) in [6, 6.07) is 41.2. The van der Waals surface area contributed by atoms with Gasteiger partial charge in [0, 0.05) is 103 Å². The minimum Gasteiger partial charge on any atom is -0.330 e. The molecule has 0 aliphatic carbocycles. The highest BCUT2D eigenvalue weighted by Gasteiger charge is 2.44. The van der Waals surface area contributed by atoms with Gasteiger partial charge in [-0.2, -0.15) is 10.5 Å². The van der Waals surface area contributed by atoms with Gasteiger partial charge in [0.05, 0.1) is 24.0 Å². The van der Waals surface area contributed by atoms with Crippen LogP contribution in [0.4, 0.5) is 0 Å². The number of aldehydes is 1. The first-order valence-corrected chi connectivity index (χ1v) is 32.7. The lowest BCUT2D eigenvalue weighted by Crippen LogP contribution is -2.44. The van der Waals surface area contributed by atoms with Gasteiger partial charge in [-0.25, -0.2) is 15.0 Å². The van der Waals surface area contributed by atoms with Crippen LogP contribution in [0.2, 0.25) is 0 Å². The van der Waals surface area contributed by atoms with E-state index < -0.39 is 0 Å². The zero-order valence-corrected chi connectivity index (χ0v) is 52.8. The normalized spacial score (nSPS) is 25.2. The Balaban J connectivity index is 0.000000142. The molecule has 3 aromatic carbocycles. The molecule has 85 heavy (non-hydrogen) atoms. The molecule has 6 aliphatic rings. The largest absolute Gasteiger partial charge is 0.330 e. The summed E-state index contributed by atoms with van der Waals surface area (Å²) in [5.74, 6) is 5.35. The van der Waals surface area contributed by atoms with E-state index in [1.54, 1.807) is 0 Å². The van der Waals surface area contributed by atoms with Gasteiger partial charge in [-0.15, -0.1) is 0 Å². The number of rotatable bonds is 18. The zero-order chi connectivity index (χ0) is 60.1. The van der Waals surface area contributed by atoms with Crippen LogP contribution in [0.5, 0.6) is 0 Å². The second-order valence-corrected chi connectivity index (χ2v) is 26.5. The Hall–Kier alpha value is -6.22. The number of nitrogens with zero attached hydrogens (tertiary/aromatic N) is 10. The van der Waals surface area contributed by atoms with Gasteiger partial charge in [-0.05, 0) is 164 Å². The van der Waals surface area contributed by atoms with Gasteiger partial charge >= 0.3 is 0 Å². The maximum atomic E-state index is 10.2. The topological polar surface area (TPSA) is 163 Å². The van der Waals surface area contributed by atoms with E-state index >= 15 is 0 Å². The highest BCUT2D eigenvalue weighted by Crippen LogP contribution is 2.45. The molecular weight excluding hydrogens is 1050 g/mol. The van der Waals surface area contributed by atoms with Gasteiger partial charge in [-0.3, -0.25) is 9.80 Å².